The lowest BCUT2D eigenvalue weighted by Gasteiger charge is -2.26. The standard InChI is InChI=1S/C28H26Cl2F3N7OS/c29-18-8-9-21(20(30)14-18)40-25(23-11-10-22(42-23)16-4-6-17(7-5-16)28(31,32)33)19(15-36-27(34)35)24(37-40)26(41)38-39-12-2-1-3-13-39/h4-11,14H,1-3,12-13,15H2,(H,38,41)(H4,34,35,36). The normalized spacial score (nSPS) is 14.1. The molecule has 0 aliphatic carbocycles. The second kappa shape index (κ2) is 12.3. The van der Waals surface area contributed by atoms with Gasteiger partial charge in [-0.15, -0.1) is 11.3 Å². The van der Waals surface area contributed by atoms with Gasteiger partial charge in [-0.25, -0.2) is 9.69 Å². The molecule has 0 radical (unpaired) electrons. The number of nitrogens with one attached hydrogen (secondary N) is 3. The van der Waals surface area contributed by atoms with Gasteiger partial charge in [-0.05, 0) is 60.9 Å². The van der Waals surface area contributed by atoms with E-state index in [0.717, 1.165) is 31.4 Å². The first kappa shape index (κ1) is 29.9. The SMILES string of the molecule is N=C(N)NCc1c(C(=O)NN2CCCCC2)nn(-c2ccc(Cl)cc2Cl)c1-c1ccc(-c2ccc(C(F)(F)F)cc2)s1. The van der Waals surface area contributed by atoms with Gasteiger partial charge in [0, 0.05) is 35.1 Å². The molecule has 1 fully saturated rings. The molecule has 0 saturated carbocycles. The van der Waals surface area contributed by atoms with Crippen LogP contribution in [0.5, 0.6) is 0 Å². The highest BCUT2D eigenvalue weighted by Crippen LogP contribution is 2.40. The third-order valence-corrected chi connectivity index (χ3v) is 8.42. The zero-order chi connectivity index (χ0) is 30.0. The van der Waals surface area contributed by atoms with Crippen LogP contribution < -0.4 is 16.5 Å². The Bertz CT molecular complexity index is 1610. The summed E-state index contributed by atoms with van der Waals surface area (Å²) in [7, 11) is 0. The van der Waals surface area contributed by atoms with Gasteiger partial charge >= 0.3 is 6.18 Å². The van der Waals surface area contributed by atoms with E-state index in [1.54, 1.807) is 35.0 Å². The number of hydrazine groups is 1. The Labute approximate surface area is 253 Å². The molecular formula is C28H26Cl2F3N7OS. The summed E-state index contributed by atoms with van der Waals surface area (Å²) >= 11 is 14.1. The van der Waals surface area contributed by atoms with Crippen LogP contribution in [0.1, 0.15) is 40.9 Å². The quantitative estimate of drug-likeness (QED) is 0.133. The summed E-state index contributed by atoms with van der Waals surface area (Å²) in [5, 5.41) is 17.8. The Kier molecular flexibility index (Phi) is 8.78. The number of hydrogen-bond donors (Lipinski definition) is 4. The molecule has 0 spiro atoms. The van der Waals surface area contributed by atoms with E-state index in [1.807, 2.05) is 5.01 Å². The number of thiophene rings is 1. The van der Waals surface area contributed by atoms with Crippen molar-refractivity contribution in [3.63, 3.8) is 0 Å². The van der Waals surface area contributed by atoms with E-state index in [0.29, 0.717) is 55.4 Å². The summed E-state index contributed by atoms with van der Waals surface area (Å²) in [6.45, 7) is 1.43. The molecule has 1 saturated heterocycles. The lowest BCUT2D eigenvalue weighted by atomic mass is 10.1. The van der Waals surface area contributed by atoms with Gasteiger partial charge in [0.25, 0.3) is 5.91 Å². The molecule has 0 atom stereocenters. The Balaban J connectivity index is 1.63. The summed E-state index contributed by atoms with van der Waals surface area (Å²) < 4.78 is 40.9. The molecule has 5 N–H and O–H groups in total. The molecule has 2 aromatic heterocycles. The van der Waals surface area contributed by atoms with Crippen LogP contribution in [0.3, 0.4) is 0 Å². The first-order chi connectivity index (χ1) is 20.0. The fourth-order valence-corrected chi connectivity index (χ4v) is 6.27. The molecule has 5 rings (SSSR count). The summed E-state index contributed by atoms with van der Waals surface area (Å²) in [6, 6.07) is 13.4. The Morgan fingerprint density at radius 2 is 1.71 bits per heavy atom. The molecule has 1 amide bonds. The second-order valence-corrected chi connectivity index (χ2v) is 11.6. The number of rotatable bonds is 7. The van der Waals surface area contributed by atoms with E-state index in [9.17, 15) is 18.0 Å². The number of hydrogen-bond acceptors (Lipinski definition) is 5. The molecule has 8 nitrogen and oxygen atoms in total. The van der Waals surface area contributed by atoms with Crippen molar-refractivity contribution in [1.82, 2.24) is 25.5 Å². The van der Waals surface area contributed by atoms with Crippen molar-refractivity contribution in [2.24, 2.45) is 5.73 Å². The molecule has 2 aromatic carbocycles. The van der Waals surface area contributed by atoms with Crippen molar-refractivity contribution < 1.29 is 18.0 Å². The van der Waals surface area contributed by atoms with Crippen LogP contribution in [0.4, 0.5) is 13.2 Å². The molecular weight excluding hydrogens is 610 g/mol. The van der Waals surface area contributed by atoms with E-state index < -0.39 is 17.6 Å². The van der Waals surface area contributed by atoms with E-state index >= 15 is 0 Å². The van der Waals surface area contributed by atoms with Gasteiger partial charge in [-0.2, -0.15) is 18.3 Å². The van der Waals surface area contributed by atoms with Crippen molar-refractivity contribution in [3.05, 3.63) is 81.5 Å². The van der Waals surface area contributed by atoms with Crippen LogP contribution in [0.15, 0.2) is 54.6 Å². The average molecular weight is 637 g/mol. The zero-order valence-electron chi connectivity index (χ0n) is 22.1. The molecule has 1 aliphatic heterocycles. The summed E-state index contributed by atoms with van der Waals surface area (Å²) in [5.74, 6) is -0.723. The maximum atomic E-state index is 13.6. The van der Waals surface area contributed by atoms with Crippen LogP contribution in [0, 0.1) is 5.41 Å². The number of piperidine rings is 1. The smallest absolute Gasteiger partial charge is 0.370 e. The topological polar surface area (TPSA) is 112 Å². The second-order valence-electron chi connectivity index (χ2n) is 9.68. The van der Waals surface area contributed by atoms with E-state index in [1.165, 1.54) is 23.5 Å². The van der Waals surface area contributed by atoms with E-state index in [2.05, 4.69) is 10.7 Å². The van der Waals surface area contributed by atoms with Crippen molar-refractivity contribution in [1.29, 1.82) is 5.41 Å². The van der Waals surface area contributed by atoms with Crippen LogP contribution in [0.2, 0.25) is 10.0 Å². The number of halogens is 5. The van der Waals surface area contributed by atoms with E-state index in [-0.39, 0.29) is 18.2 Å². The third kappa shape index (κ3) is 6.57. The number of aromatic nitrogens is 2. The van der Waals surface area contributed by atoms with Crippen molar-refractivity contribution >= 4 is 46.4 Å². The minimum Gasteiger partial charge on any atom is -0.370 e. The van der Waals surface area contributed by atoms with Crippen molar-refractivity contribution in [2.45, 2.75) is 32.0 Å². The predicted molar refractivity (Wildman–Crippen MR) is 159 cm³/mol. The number of nitrogens with two attached hydrogens (primary N) is 1. The molecule has 1 aliphatic rings. The molecule has 220 valence electrons. The van der Waals surface area contributed by atoms with E-state index in [4.69, 9.17) is 39.4 Å². The zero-order valence-corrected chi connectivity index (χ0v) is 24.4. The van der Waals surface area contributed by atoms with Gasteiger partial charge in [-0.3, -0.25) is 15.6 Å². The summed E-state index contributed by atoms with van der Waals surface area (Å²) in [4.78, 5) is 15.0. The van der Waals surface area contributed by atoms with Gasteiger partial charge in [0.1, 0.15) is 0 Å². The summed E-state index contributed by atoms with van der Waals surface area (Å²) in [6.07, 6.45) is -1.43. The fraction of sp³-hybridized carbons (Fsp3) is 0.250. The van der Waals surface area contributed by atoms with Gasteiger partial charge in [-0.1, -0.05) is 41.8 Å². The van der Waals surface area contributed by atoms with Gasteiger partial charge in [0.05, 0.1) is 26.8 Å². The maximum absolute atomic E-state index is 13.6. The monoisotopic (exact) mass is 635 g/mol. The number of carbonyl (C=O) groups excluding carboxylic acids is 1. The number of benzene rings is 2. The van der Waals surface area contributed by atoms with Crippen molar-refractivity contribution in [2.75, 3.05) is 13.1 Å². The Morgan fingerprint density at radius 1 is 1.02 bits per heavy atom. The van der Waals surface area contributed by atoms with Crippen LogP contribution in [-0.2, 0) is 12.7 Å². The first-order valence-electron chi connectivity index (χ1n) is 13.0. The number of amides is 1. The number of carbonyl (C=O) groups is 1. The highest BCUT2D eigenvalue weighted by Gasteiger charge is 2.31. The fourth-order valence-electron chi connectivity index (χ4n) is 4.71. The van der Waals surface area contributed by atoms with Crippen LogP contribution in [-0.4, -0.2) is 39.7 Å². The third-order valence-electron chi connectivity index (χ3n) is 6.74. The van der Waals surface area contributed by atoms with Gasteiger partial charge in [0.15, 0.2) is 11.7 Å². The summed E-state index contributed by atoms with van der Waals surface area (Å²) in [5.41, 5.74) is 9.96. The minimum atomic E-state index is -4.44. The van der Waals surface area contributed by atoms with Gasteiger partial charge in [0.2, 0.25) is 0 Å². The average Bonchev–Trinajstić information content (AvgIpc) is 3.57. The Morgan fingerprint density at radius 3 is 2.36 bits per heavy atom. The number of guanidine groups is 1. The molecule has 42 heavy (non-hydrogen) atoms. The molecule has 0 unspecified atom stereocenters. The van der Waals surface area contributed by atoms with Crippen LogP contribution in [0.25, 0.3) is 26.7 Å². The molecule has 14 heteroatoms. The molecule has 4 aromatic rings. The maximum Gasteiger partial charge on any atom is 0.416 e. The largest absolute Gasteiger partial charge is 0.416 e. The molecule has 0 bridgehead atoms. The predicted octanol–water partition coefficient (Wildman–Crippen LogP) is 6.71. The van der Waals surface area contributed by atoms with Gasteiger partial charge < -0.3 is 11.1 Å². The highest BCUT2D eigenvalue weighted by molar-refractivity contribution is 7.18. The highest BCUT2D eigenvalue weighted by atomic mass is 35.5. The first-order valence-corrected chi connectivity index (χ1v) is 14.6. The Hall–Kier alpha value is -3.58. The van der Waals surface area contributed by atoms with Crippen LogP contribution >= 0.6 is 34.5 Å². The number of alkyl halides is 3. The van der Waals surface area contributed by atoms with Crippen molar-refractivity contribution in [3.8, 4) is 26.7 Å². The number of nitrogens with zero attached hydrogens (tertiary/aromatic N) is 3. The lowest BCUT2D eigenvalue weighted by molar-refractivity contribution is -0.137. The minimum absolute atomic E-state index is 0.00609. The lowest BCUT2D eigenvalue weighted by Crippen LogP contribution is -2.45. The molecule has 3 heterocycles.